The van der Waals surface area contributed by atoms with E-state index in [2.05, 4.69) is 28.9 Å². The predicted molar refractivity (Wildman–Crippen MR) is 77.4 cm³/mol. The first-order chi connectivity index (χ1) is 9.10. The van der Waals surface area contributed by atoms with E-state index in [0.29, 0.717) is 12.0 Å². The van der Waals surface area contributed by atoms with Crippen LogP contribution in [0.1, 0.15) is 38.8 Å². The number of esters is 1. The van der Waals surface area contributed by atoms with E-state index in [9.17, 15) is 4.79 Å². The summed E-state index contributed by atoms with van der Waals surface area (Å²) in [6, 6.07) is 0.501. The Morgan fingerprint density at radius 3 is 3.05 bits per heavy atom. The molecule has 1 aliphatic carbocycles. The number of nitrogens with one attached hydrogen (secondary N) is 1. The molecule has 1 fully saturated rings. The SMILES string of the molecule is COC(=O)Cc1csc(NC2CCCC(C)C2C)n1. The van der Waals surface area contributed by atoms with Crippen LogP contribution < -0.4 is 5.32 Å². The summed E-state index contributed by atoms with van der Waals surface area (Å²) in [6.07, 6.45) is 4.07. The molecular weight excluding hydrogens is 260 g/mol. The van der Waals surface area contributed by atoms with E-state index in [1.54, 1.807) is 11.3 Å². The van der Waals surface area contributed by atoms with Crippen molar-refractivity contribution in [3.8, 4) is 0 Å². The minimum atomic E-state index is -0.239. The summed E-state index contributed by atoms with van der Waals surface area (Å²) in [5.41, 5.74) is 0.788. The van der Waals surface area contributed by atoms with Gasteiger partial charge in [-0.2, -0.15) is 0 Å². The number of aromatic nitrogens is 1. The topological polar surface area (TPSA) is 51.2 Å². The van der Waals surface area contributed by atoms with Crippen molar-refractivity contribution in [1.29, 1.82) is 0 Å². The van der Waals surface area contributed by atoms with Gasteiger partial charge in [0.05, 0.1) is 19.2 Å². The number of anilines is 1. The highest BCUT2D eigenvalue weighted by Crippen LogP contribution is 2.32. The van der Waals surface area contributed by atoms with Crippen molar-refractivity contribution in [2.24, 2.45) is 11.8 Å². The van der Waals surface area contributed by atoms with Crippen LogP contribution in [0.5, 0.6) is 0 Å². The maximum Gasteiger partial charge on any atom is 0.311 e. The van der Waals surface area contributed by atoms with Crippen LogP contribution in [-0.2, 0) is 16.0 Å². The largest absolute Gasteiger partial charge is 0.469 e. The monoisotopic (exact) mass is 282 g/mol. The minimum Gasteiger partial charge on any atom is -0.469 e. The van der Waals surface area contributed by atoms with Gasteiger partial charge in [-0.15, -0.1) is 11.3 Å². The van der Waals surface area contributed by atoms with Gasteiger partial charge >= 0.3 is 5.97 Å². The molecule has 0 aliphatic heterocycles. The molecule has 1 N–H and O–H groups in total. The molecular formula is C14H22N2O2S. The zero-order valence-electron chi connectivity index (χ0n) is 11.8. The van der Waals surface area contributed by atoms with Gasteiger partial charge in [0, 0.05) is 11.4 Å². The lowest BCUT2D eigenvalue weighted by molar-refractivity contribution is -0.139. The number of thiazole rings is 1. The van der Waals surface area contributed by atoms with E-state index in [1.165, 1.54) is 26.4 Å². The third kappa shape index (κ3) is 3.69. The van der Waals surface area contributed by atoms with Crippen LogP contribution in [0.25, 0.3) is 0 Å². The van der Waals surface area contributed by atoms with E-state index in [1.807, 2.05) is 5.38 Å². The molecule has 1 saturated carbocycles. The zero-order valence-corrected chi connectivity index (χ0v) is 12.6. The smallest absolute Gasteiger partial charge is 0.311 e. The number of carbonyl (C=O) groups is 1. The quantitative estimate of drug-likeness (QED) is 0.862. The van der Waals surface area contributed by atoms with E-state index in [-0.39, 0.29) is 12.4 Å². The van der Waals surface area contributed by atoms with Crippen molar-refractivity contribution in [1.82, 2.24) is 4.98 Å². The maximum absolute atomic E-state index is 11.2. The van der Waals surface area contributed by atoms with Gasteiger partial charge in [0.1, 0.15) is 0 Å². The van der Waals surface area contributed by atoms with Crippen LogP contribution in [0.3, 0.4) is 0 Å². The summed E-state index contributed by atoms with van der Waals surface area (Å²) in [5.74, 6) is 1.19. The van der Waals surface area contributed by atoms with Crippen LogP contribution in [0.15, 0.2) is 5.38 Å². The fourth-order valence-corrected chi connectivity index (χ4v) is 3.39. The second kappa shape index (κ2) is 6.37. The van der Waals surface area contributed by atoms with Gasteiger partial charge in [-0.05, 0) is 18.3 Å². The Hall–Kier alpha value is -1.10. The van der Waals surface area contributed by atoms with Gasteiger partial charge in [0.25, 0.3) is 0 Å². The molecule has 0 amide bonds. The first-order valence-corrected chi connectivity index (χ1v) is 7.76. The summed E-state index contributed by atoms with van der Waals surface area (Å²) in [6.45, 7) is 4.63. The lowest BCUT2D eigenvalue weighted by Gasteiger charge is -2.34. The van der Waals surface area contributed by atoms with E-state index >= 15 is 0 Å². The molecule has 3 atom stereocenters. The van der Waals surface area contributed by atoms with Crippen molar-refractivity contribution < 1.29 is 9.53 Å². The molecule has 1 aromatic rings. The zero-order chi connectivity index (χ0) is 13.8. The van der Waals surface area contributed by atoms with Gasteiger partial charge in [-0.3, -0.25) is 4.79 Å². The third-order valence-corrected chi connectivity index (χ3v) is 4.94. The molecule has 3 unspecified atom stereocenters. The Morgan fingerprint density at radius 2 is 2.32 bits per heavy atom. The highest BCUT2D eigenvalue weighted by atomic mass is 32.1. The van der Waals surface area contributed by atoms with Crippen molar-refractivity contribution in [2.75, 3.05) is 12.4 Å². The average Bonchev–Trinajstić information content (AvgIpc) is 2.82. The predicted octanol–water partition coefficient (Wildman–Crippen LogP) is 3.10. The van der Waals surface area contributed by atoms with Crippen LogP contribution in [0, 0.1) is 11.8 Å². The summed E-state index contributed by atoms with van der Waals surface area (Å²) in [5, 5.41) is 6.38. The van der Waals surface area contributed by atoms with Crippen molar-refractivity contribution >= 4 is 22.4 Å². The lowest BCUT2D eigenvalue weighted by Crippen LogP contribution is -2.34. The second-order valence-electron chi connectivity index (χ2n) is 5.42. The number of nitrogens with zero attached hydrogens (tertiary/aromatic N) is 1. The second-order valence-corrected chi connectivity index (χ2v) is 6.27. The minimum absolute atomic E-state index is 0.239. The van der Waals surface area contributed by atoms with Gasteiger partial charge in [0.15, 0.2) is 5.13 Å². The normalized spacial score (nSPS) is 27.0. The van der Waals surface area contributed by atoms with E-state index in [0.717, 1.165) is 16.7 Å². The summed E-state index contributed by atoms with van der Waals surface area (Å²) in [7, 11) is 1.40. The van der Waals surface area contributed by atoms with Crippen LogP contribution in [0.2, 0.25) is 0 Å². The molecule has 0 radical (unpaired) electrons. The summed E-state index contributed by atoms with van der Waals surface area (Å²) < 4.78 is 4.65. The Balaban J connectivity index is 1.94. The molecule has 2 rings (SSSR count). The van der Waals surface area contributed by atoms with Gasteiger partial charge in [0.2, 0.25) is 0 Å². The van der Waals surface area contributed by atoms with E-state index < -0.39 is 0 Å². The Labute approximate surface area is 118 Å². The molecule has 1 heterocycles. The standard InChI is InChI=1S/C14H22N2O2S/c1-9-5-4-6-12(10(9)2)16-14-15-11(8-19-14)7-13(17)18-3/h8-10,12H,4-7H2,1-3H3,(H,15,16). The van der Waals surface area contributed by atoms with Crippen molar-refractivity contribution in [2.45, 2.75) is 45.6 Å². The fraction of sp³-hybridized carbons (Fsp3) is 0.714. The van der Waals surface area contributed by atoms with Crippen molar-refractivity contribution in [3.63, 3.8) is 0 Å². The number of carbonyl (C=O) groups excluding carboxylic acids is 1. The molecule has 0 aromatic carbocycles. The Morgan fingerprint density at radius 1 is 1.53 bits per heavy atom. The molecule has 4 nitrogen and oxygen atoms in total. The molecule has 19 heavy (non-hydrogen) atoms. The average molecular weight is 282 g/mol. The number of hydrogen-bond donors (Lipinski definition) is 1. The van der Waals surface area contributed by atoms with Crippen LogP contribution >= 0.6 is 11.3 Å². The number of ether oxygens (including phenoxy) is 1. The van der Waals surface area contributed by atoms with E-state index in [4.69, 9.17) is 0 Å². The van der Waals surface area contributed by atoms with Crippen molar-refractivity contribution in [3.05, 3.63) is 11.1 Å². The molecule has 5 heteroatoms. The van der Waals surface area contributed by atoms with Gasteiger partial charge in [-0.1, -0.05) is 26.7 Å². The molecule has 106 valence electrons. The third-order valence-electron chi connectivity index (χ3n) is 4.12. The first kappa shape index (κ1) is 14.3. The number of hydrogen-bond acceptors (Lipinski definition) is 5. The fourth-order valence-electron chi connectivity index (χ4n) is 2.62. The summed E-state index contributed by atoms with van der Waals surface area (Å²) >= 11 is 1.57. The molecule has 0 saturated heterocycles. The molecule has 1 aromatic heterocycles. The van der Waals surface area contributed by atoms with Gasteiger partial charge in [-0.25, -0.2) is 4.98 Å². The van der Waals surface area contributed by atoms with Gasteiger partial charge < -0.3 is 10.1 Å². The molecule has 0 spiro atoms. The highest BCUT2D eigenvalue weighted by molar-refractivity contribution is 7.13. The van der Waals surface area contributed by atoms with Crippen LogP contribution in [0.4, 0.5) is 5.13 Å². The lowest BCUT2D eigenvalue weighted by atomic mass is 9.78. The maximum atomic E-state index is 11.2. The number of rotatable bonds is 4. The molecule has 0 bridgehead atoms. The Kier molecular flexibility index (Phi) is 4.80. The van der Waals surface area contributed by atoms with Crippen LogP contribution in [-0.4, -0.2) is 24.1 Å². The highest BCUT2D eigenvalue weighted by Gasteiger charge is 2.27. The number of methoxy groups -OCH3 is 1. The molecule has 1 aliphatic rings. The first-order valence-electron chi connectivity index (χ1n) is 6.88. The Bertz CT molecular complexity index is 433. The summed E-state index contributed by atoms with van der Waals surface area (Å²) in [4.78, 5) is 15.7.